The Labute approximate surface area is 175 Å². The van der Waals surface area contributed by atoms with Gasteiger partial charge in [0.05, 0.1) is 33.8 Å². The second-order valence-electron chi connectivity index (χ2n) is 6.67. The summed E-state index contributed by atoms with van der Waals surface area (Å²) < 4.78 is 16.2. The van der Waals surface area contributed by atoms with Crippen LogP contribution in [0.15, 0.2) is 41.4 Å². The van der Waals surface area contributed by atoms with Gasteiger partial charge in [0.25, 0.3) is 5.91 Å². The predicted octanol–water partition coefficient (Wildman–Crippen LogP) is 2.62. The summed E-state index contributed by atoms with van der Waals surface area (Å²) in [6.07, 6.45) is 0.996. The highest BCUT2D eigenvalue weighted by atomic mass is 16.5. The number of amides is 2. The molecule has 3 rings (SSSR count). The lowest BCUT2D eigenvalue weighted by molar-refractivity contribution is -0.120. The molecule has 30 heavy (non-hydrogen) atoms. The first-order chi connectivity index (χ1) is 14.5. The lowest BCUT2D eigenvalue weighted by Gasteiger charge is -2.24. The van der Waals surface area contributed by atoms with E-state index in [9.17, 15) is 9.59 Å². The average Bonchev–Trinajstić information content (AvgIpc) is 2.77. The third-order valence-electron chi connectivity index (χ3n) is 4.87. The fraction of sp³-hybridized carbons (Fsp3) is 0.318. The summed E-state index contributed by atoms with van der Waals surface area (Å²) in [6, 6.07) is 10.2. The molecule has 2 aromatic rings. The summed E-state index contributed by atoms with van der Waals surface area (Å²) in [5.41, 5.74) is 2.27. The Morgan fingerprint density at radius 1 is 1.07 bits per heavy atom. The van der Waals surface area contributed by atoms with Gasteiger partial charge in [-0.1, -0.05) is 19.1 Å². The number of aliphatic imine (C=N–C) groups is 1. The van der Waals surface area contributed by atoms with Crippen LogP contribution in [0.1, 0.15) is 40.9 Å². The quantitative estimate of drug-likeness (QED) is 0.762. The van der Waals surface area contributed by atoms with Gasteiger partial charge < -0.3 is 14.2 Å². The molecule has 2 amide bonds. The third kappa shape index (κ3) is 4.37. The van der Waals surface area contributed by atoms with Crippen LogP contribution in [0.2, 0.25) is 0 Å². The number of guanidine groups is 1. The van der Waals surface area contributed by atoms with Gasteiger partial charge in [-0.25, -0.2) is 4.99 Å². The number of carbonyl (C=O) groups is 2. The van der Waals surface area contributed by atoms with E-state index in [1.165, 1.54) is 21.3 Å². The molecule has 2 aromatic carbocycles. The van der Waals surface area contributed by atoms with Crippen molar-refractivity contribution in [3.63, 3.8) is 0 Å². The minimum absolute atomic E-state index is 0.0951. The molecule has 0 spiro atoms. The number of methoxy groups -OCH3 is 3. The SMILES string of the molecule is CCc1ccc(C(=O)NC2=N[C@H](c3ccc(OC)c(OC)c3OC)CC(=O)N2)cc1. The van der Waals surface area contributed by atoms with Crippen LogP contribution in [-0.2, 0) is 11.2 Å². The van der Waals surface area contributed by atoms with E-state index in [1.54, 1.807) is 24.3 Å². The van der Waals surface area contributed by atoms with Gasteiger partial charge in [0, 0.05) is 11.1 Å². The van der Waals surface area contributed by atoms with Gasteiger partial charge in [0.15, 0.2) is 11.5 Å². The second kappa shape index (κ2) is 9.30. The van der Waals surface area contributed by atoms with E-state index >= 15 is 0 Å². The van der Waals surface area contributed by atoms with Gasteiger partial charge in [-0.05, 0) is 36.2 Å². The number of hydrogen-bond acceptors (Lipinski definition) is 6. The largest absolute Gasteiger partial charge is 0.493 e. The molecule has 0 fully saturated rings. The van der Waals surface area contributed by atoms with Crippen molar-refractivity contribution in [3.8, 4) is 17.2 Å². The van der Waals surface area contributed by atoms with Gasteiger partial charge in [-0.3, -0.25) is 20.2 Å². The molecule has 8 nitrogen and oxygen atoms in total. The zero-order chi connectivity index (χ0) is 21.7. The Bertz CT molecular complexity index is 969. The summed E-state index contributed by atoms with van der Waals surface area (Å²) in [7, 11) is 4.55. The summed E-state index contributed by atoms with van der Waals surface area (Å²) in [6.45, 7) is 2.05. The number of nitrogens with one attached hydrogen (secondary N) is 2. The van der Waals surface area contributed by atoms with Crippen molar-refractivity contribution < 1.29 is 23.8 Å². The molecule has 1 aliphatic heterocycles. The fourth-order valence-corrected chi connectivity index (χ4v) is 3.29. The minimum Gasteiger partial charge on any atom is -0.493 e. The minimum atomic E-state index is -0.550. The van der Waals surface area contributed by atoms with E-state index in [1.807, 2.05) is 19.1 Å². The molecule has 8 heteroatoms. The van der Waals surface area contributed by atoms with E-state index in [-0.39, 0.29) is 24.2 Å². The molecule has 1 aliphatic rings. The summed E-state index contributed by atoms with van der Waals surface area (Å²) in [5, 5.41) is 5.28. The van der Waals surface area contributed by atoms with Crippen molar-refractivity contribution in [1.29, 1.82) is 0 Å². The zero-order valence-corrected chi connectivity index (χ0v) is 17.4. The lowest BCUT2D eigenvalue weighted by atomic mass is 10.0. The monoisotopic (exact) mass is 411 g/mol. The standard InChI is InChI=1S/C22H25N3O5/c1-5-13-6-8-14(9-7-13)21(27)25-22-23-16(12-18(26)24-22)15-10-11-17(28-2)20(30-4)19(15)29-3/h6-11,16H,5,12H2,1-4H3,(H2,23,24,25,26,27)/t16-/m0/s1. The second-order valence-corrected chi connectivity index (χ2v) is 6.67. The van der Waals surface area contributed by atoms with Gasteiger partial charge >= 0.3 is 0 Å². The van der Waals surface area contributed by atoms with Crippen LogP contribution in [0.4, 0.5) is 0 Å². The average molecular weight is 411 g/mol. The molecule has 0 bridgehead atoms. The number of hydrogen-bond donors (Lipinski definition) is 2. The van der Waals surface area contributed by atoms with E-state index in [0.29, 0.717) is 28.4 Å². The molecular weight excluding hydrogens is 386 g/mol. The van der Waals surface area contributed by atoms with Crippen LogP contribution in [0.5, 0.6) is 17.2 Å². The van der Waals surface area contributed by atoms with Gasteiger partial charge in [-0.15, -0.1) is 0 Å². The van der Waals surface area contributed by atoms with Crippen molar-refractivity contribution in [1.82, 2.24) is 10.6 Å². The summed E-state index contributed by atoms with van der Waals surface area (Å²) in [4.78, 5) is 29.4. The topological polar surface area (TPSA) is 98.2 Å². The van der Waals surface area contributed by atoms with E-state index in [2.05, 4.69) is 15.6 Å². The molecule has 0 aliphatic carbocycles. The smallest absolute Gasteiger partial charge is 0.257 e. The molecule has 2 N–H and O–H groups in total. The van der Waals surface area contributed by atoms with Crippen LogP contribution < -0.4 is 24.8 Å². The highest BCUT2D eigenvalue weighted by molar-refractivity contribution is 6.10. The first-order valence-corrected chi connectivity index (χ1v) is 9.57. The summed E-state index contributed by atoms with van der Waals surface area (Å²) in [5.74, 6) is 0.838. The van der Waals surface area contributed by atoms with E-state index < -0.39 is 6.04 Å². The normalized spacial score (nSPS) is 15.7. The van der Waals surface area contributed by atoms with Gasteiger partial charge in [-0.2, -0.15) is 0 Å². The number of nitrogens with zero attached hydrogens (tertiary/aromatic N) is 1. The number of rotatable bonds is 6. The number of ether oxygens (including phenoxy) is 3. The van der Waals surface area contributed by atoms with Crippen molar-refractivity contribution in [3.05, 3.63) is 53.1 Å². The fourth-order valence-electron chi connectivity index (χ4n) is 3.29. The Morgan fingerprint density at radius 2 is 1.77 bits per heavy atom. The van der Waals surface area contributed by atoms with E-state index in [4.69, 9.17) is 14.2 Å². The predicted molar refractivity (Wildman–Crippen MR) is 112 cm³/mol. The molecule has 1 atom stereocenters. The Balaban J connectivity index is 1.89. The zero-order valence-electron chi connectivity index (χ0n) is 17.4. The van der Waals surface area contributed by atoms with Gasteiger partial charge in [0.2, 0.25) is 17.6 Å². The number of carbonyl (C=O) groups excluding carboxylic acids is 2. The van der Waals surface area contributed by atoms with Gasteiger partial charge in [0.1, 0.15) is 0 Å². The van der Waals surface area contributed by atoms with Crippen molar-refractivity contribution >= 4 is 17.8 Å². The highest BCUT2D eigenvalue weighted by Crippen LogP contribution is 2.43. The first-order valence-electron chi connectivity index (χ1n) is 9.57. The summed E-state index contributed by atoms with van der Waals surface area (Å²) >= 11 is 0. The van der Waals surface area contributed by atoms with Crippen molar-refractivity contribution in [2.75, 3.05) is 21.3 Å². The molecule has 0 radical (unpaired) electrons. The Kier molecular flexibility index (Phi) is 6.56. The first kappa shape index (κ1) is 21.2. The van der Waals surface area contributed by atoms with Crippen LogP contribution in [-0.4, -0.2) is 39.1 Å². The Hall–Kier alpha value is -3.55. The van der Waals surface area contributed by atoms with Crippen molar-refractivity contribution in [2.45, 2.75) is 25.8 Å². The molecule has 0 saturated heterocycles. The maximum atomic E-state index is 12.6. The molecular formula is C22H25N3O5. The molecule has 0 aromatic heterocycles. The van der Waals surface area contributed by atoms with Crippen LogP contribution in [0.25, 0.3) is 0 Å². The highest BCUT2D eigenvalue weighted by Gasteiger charge is 2.28. The third-order valence-corrected chi connectivity index (χ3v) is 4.87. The van der Waals surface area contributed by atoms with E-state index in [0.717, 1.165) is 12.0 Å². The number of aryl methyl sites for hydroxylation is 1. The maximum absolute atomic E-state index is 12.6. The molecule has 158 valence electrons. The van der Waals surface area contributed by atoms with Crippen LogP contribution >= 0.6 is 0 Å². The van der Waals surface area contributed by atoms with Crippen molar-refractivity contribution in [2.24, 2.45) is 4.99 Å². The van der Waals surface area contributed by atoms with Crippen LogP contribution in [0, 0.1) is 0 Å². The molecule has 0 saturated carbocycles. The lowest BCUT2D eigenvalue weighted by Crippen LogP contribution is -2.47. The molecule has 1 heterocycles. The Morgan fingerprint density at radius 3 is 2.37 bits per heavy atom. The van der Waals surface area contributed by atoms with Crippen LogP contribution in [0.3, 0.4) is 0 Å². The number of benzene rings is 2. The maximum Gasteiger partial charge on any atom is 0.257 e. The molecule has 0 unspecified atom stereocenters.